The van der Waals surface area contributed by atoms with Crippen LogP contribution in [0.1, 0.15) is 32.9 Å². The average molecular weight is 413 g/mol. The molecule has 0 spiro atoms. The molecule has 0 aliphatic rings. The zero-order chi connectivity index (χ0) is 21.2. The van der Waals surface area contributed by atoms with E-state index in [0.717, 1.165) is 23.1 Å². The van der Waals surface area contributed by atoms with Crippen molar-refractivity contribution in [3.8, 4) is 5.75 Å². The number of carbonyl (C=O) groups is 1. The van der Waals surface area contributed by atoms with Crippen LogP contribution in [-0.4, -0.2) is 37.1 Å². The highest BCUT2D eigenvalue weighted by Crippen LogP contribution is 2.22. The predicted molar refractivity (Wildman–Crippen MR) is 112 cm³/mol. The monoisotopic (exact) mass is 413 g/mol. The van der Waals surface area contributed by atoms with Crippen LogP contribution in [0.25, 0.3) is 0 Å². The van der Waals surface area contributed by atoms with Crippen molar-refractivity contribution in [2.75, 3.05) is 18.1 Å². The van der Waals surface area contributed by atoms with Crippen LogP contribution in [0.3, 0.4) is 0 Å². The molecule has 3 aromatic rings. The first kappa shape index (κ1) is 20.6. The highest BCUT2D eigenvalue weighted by Gasteiger charge is 2.19. The maximum Gasteiger partial charge on any atom is 0.229 e. The summed E-state index contributed by atoms with van der Waals surface area (Å²) >= 11 is 0. The largest absolute Gasteiger partial charge is 0.497 e. The van der Waals surface area contributed by atoms with Gasteiger partial charge in [0.05, 0.1) is 30.9 Å². The van der Waals surface area contributed by atoms with Gasteiger partial charge in [-0.05, 0) is 54.4 Å². The summed E-state index contributed by atoms with van der Waals surface area (Å²) in [5, 5.41) is 0. The summed E-state index contributed by atoms with van der Waals surface area (Å²) < 4.78 is 32.3. The van der Waals surface area contributed by atoms with E-state index in [2.05, 4.69) is 9.71 Å². The van der Waals surface area contributed by atoms with E-state index in [4.69, 9.17) is 4.74 Å². The molecule has 8 heteroatoms. The van der Waals surface area contributed by atoms with Gasteiger partial charge in [0.1, 0.15) is 5.75 Å². The van der Waals surface area contributed by atoms with Crippen LogP contribution < -0.4 is 9.46 Å². The highest BCUT2D eigenvalue weighted by atomic mass is 32.2. The Morgan fingerprint density at radius 3 is 2.48 bits per heavy atom. The van der Waals surface area contributed by atoms with Gasteiger partial charge in [0.25, 0.3) is 0 Å². The van der Waals surface area contributed by atoms with Crippen LogP contribution in [0.5, 0.6) is 5.75 Å². The molecule has 0 unspecified atom stereocenters. The summed E-state index contributed by atoms with van der Waals surface area (Å²) in [6.07, 6.45) is 4.75. The van der Waals surface area contributed by atoms with Gasteiger partial charge in [0.15, 0.2) is 0 Å². The van der Waals surface area contributed by atoms with Crippen molar-refractivity contribution in [3.63, 3.8) is 0 Å². The van der Waals surface area contributed by atoms with Crippen molar-refractivity contribution < 1.29 is 17.9 Å². The summed E-state index contributed by atoms with van der Waals surface area (Å²) in [5.41, 5.74) is 4.25. The molecule has 0 saturated heterocycles. The summed E-state index contributed by atoms with van der Waals surface area (Å²) in [4.78, 5) is 17.1. The molecular formula is C21H23N3O4S. The molecule has 0 aliphatic heterocycles. The molecule has 29 heavy (non-hydrogen) atoms. The number of hydrogen-bond acceptors (Lipinski definition) is 5. The minimum atomic E-state index is -3.37. The molecule has 0 amide bonds. The number of carbonyl (C=O) groups excluding carboxylic acids is 1. The van der Waals surface area contributed by atoms with E-state index in [9.17, 15) is 13.2 Å². The van der Waals surface area contributed by atoms with E-state index in [1.165, 1.54) is 6.20 Å². The number of ether oxygens (including phenoxy) is 1. The number of benzene rings is 1. The number of pyridine rings is 1. The zero-order valence-electron chi connectivity index (χ0n) is 16.8. The van der Waals surface area contributed by atoms with Crippen molar-refractivity contribution in [2.24, 2.45) is 7.05 Å². The van der Waals surface area contributed by atoms with Gasteiger partial charge in [0.2, 0.25) is 15.8 Å². The minimum absolute atomic E-state index is 0.0653. The first-order chi connectivity index (χ1) is 13.7. The third-order valence-corrected chi connectivity index (χ3v) is 5.18. The Kier molecular flexibility index (Phi) is 5.74. The Morgan fingerprint density at radius 2 is 1.86 bits per heavy atom. The van der Waals surface area contributed by atoms with Crippen LogP contribution in [0.15, 0.2) is 48.8 Å². The van der Waals surface area contributed by atoms with E-state index in [0.29, 0.717) is 29.1 Å². The Balaban J connectivity index is 1.88. The smallest absolute Gasteiger partial charge is 0.229 e. The second kappa shape index (κ2) is 8.08. The van der Waals surface area contributed by atoms with Gasteiger partial charge in [-0.3, -0.25) is 14.5 Å². The molecule has 1 aromatic carbocycles. The molecular weight excluding hydrogens is 390 g/mol. The van der Waals surface area contributed by atoms with Crippen molar-refractivity contribution in [1.82, 2.24) is 9.55 Å². The number of anilines is 1. The first-order valence-corrected chi connectivity index (χ1v) is 10.8. The van der Waals surface area contributed by atoms with Crippen molar-refractivity contribution in [2.45, 2.75) is 13.3 Å². The van der Waals surface area contributed by atoms with E-state index in [1.807, 2.05) is 24.6 Å². The molecule has 0 radical (unpaired) electrons. The minimum Gasteiger partial charge on any atom is -0.497 e. The lowest BCUT2D eigenvalue weighted by atomic mass is 10.1. The molecule has 2 heterocycles. The zero-order valence-corrected chi connectivity index (χ0v) is 17.6. The lowest BCUT2D eigenvalue weighted by Crippen LogP contribution is -2.11. The third kappa shape index (κ3) is 4.83. The number of methoxy groups -OCH3 is 1. The van der Waals surface area contributed by atoms with Crippen LogP contribution in [0.2, 0.25) is 0 Å². The second-order valence-corrected chi connectivity index (χ2v) is 8.67. The Hall–Kier alpha value is -3.13. The van der Waals surface area contributed by atoms with Crippen LogP contribution in [0, 0.1) is 6.92 Å². The van der Waals surface area contributed by atoms with Gasteiger partial charge in [0, 0.05) is 30.9 Å². The maximum absolute atomic E-state index is 13.0. The van der Waals surface area contributed by atoms with Crippen LogP contribution in [-0.2, 0) is 23.5 Å². The fourth-order valence-electron chi connectivity index (χ4n) is 3.27. The molecule has 0 bridgehead atoms. The average Bonchev–Trinajstić information content (AvgIpc) is 2.93. The molecule has 2 aromatic heterocycles. The molecule has 3 rings (SSSR count). The van der Waals surface area contributed by atoms with Gasteiger partial charge >= 0.3 is 0 Å². The van der Waals surface area contributed by atoms with Gasteiger partial charge in [-0.1, -0.05) is 0 Å². The fourth-order valence-corrected chi connectivity index (χ4v) is 3.81. The van der Waals surface area contributed by atoms with Gasteiger partial charge in [-0.15, -0.1) is 0 Å². The lowest BCUT2D eigenvalue weighted by Gasteiger charge is -2.10. The van der Waals surface area contributed by atoms with Crippen molar-refractivity contribution in [3.05, 3.63) is 76.9 Å². The number of ketones is 1. The SMILES string of the molecule is COc1ccc(C(=O)c2c(C)cc(Cc3cncc(NS(C)(=O)=O)c3)n2C)cc1. The Bertz CT molecular complexity index is 1150. The standard InChI is InChI=1S/C21H23N3O4S/c1-14-9-18(11-15-10-17(13-22-12-15)23-29(4,26)27)24(2)20(14)21(25)16-5-7-19(28-3)8-6-16/h5-10,12-13,23H,11H2,1-4H3. The molecule has 0 atom stereocenters. The maximum atomic E-state index is 13.0. The van der Waals surface area contributed by atoms with Crippen LogP contribution >= 0.6 is 0 Å². The molecule has 0 saturated carbocycles. The Morgan fingerprint density at radius 1 is 1.17 bits per heavy atom. The lowest BCUT2D eigenvalue weighted by molar-refractivity contribution is 0.103. The normalized spacial score (nSPS) is 11.3. The third-order valence-electron chi connectivity index (χ3n) is 4.57. The van der Waals surface area contributed by atoms with E-state index in [-0.39, 0.29) is 5.78 Å². The first-order valence-electron chi connectivity index (χ1n) is 8.93. The topological polar surface area (TPSA) is 90.3 Å². The van der Waals surface area contributed by atoms with Crippen molar-refractivity contribution in [1.29, 1.82) is 0 Å². The van der Waals surface area contributed by atoms with E-state index < -0.39 is 10.0 Å². The molecule has 1 N–H and O–H groups in total. The number of nitrogens with one attached hydrogen (secondary N) is 1. The molecule has 152 valence electrons. The number of aryl methyl sites for hydroxylation is 1. The summed E-state index contributed by atoms with van der Waals surface area (Å²) in [6.45, 7) is 1.90. The van der Waals surface area contributed by atoms with Gasteiger partial charge in [-0.25, -0.2) is 8.42 Å². The summed E-state index contributed by atoms with van der Waals surface area (Å²) in [5.74, 6) is 0.630. The molecule has 0 aliphatic carbocycles. The number of rotatable bonds is 7. The van der Waals surface area contributed by atoms with Gasteiger partial charge < -0.3 is 9.30 Å². The fraction of sp³-hybridized carbons (Fsp3) is 0.238. The highest BCUT2D eigenvalue weighted by molar-refractivity contribution is 7.92. The van der Waals surface area contributed by atoms with Crippen molar-refractivity contribution >= 4 is 21.5 Å². The molecule has 7 nitrogen and oxygen atoms in total. The van der Waals surface area contributed by atoms with Gasteiger partial charge in [-0.2, -0.15) is 0 Å². The summed E-state index contributed by atoms with van der Waals surface area (Å²) in [7, 11) is 0.0621. The Labute approximate surface area is 170 Å². The number of sulfonamides is 1. The molecule has 0 fully saturated rings. The second-order valence-electron chi connectivity index (χ2n) is 6.92. The quantitative estimate of drug-likeness (QED) is 0.602. The van der Waals surface area contributed by atoms with Crippen LogP contribution in [0.4, 0.5) is 5.69 Å². The summed E-state index contributed by atoms with van der Waals surface area (Å²) in [6, 6.07) is 10.7. The number of hydrogen-bond donors (Lipinski definition) is 1. The number of nitrogens with zero attached hydrogens (tertiary/aromatic N) is 2. The van der Waals surface area contributed by atoms with E-state index >= 15 is 0 Å². The van der Waals surface area contributed by atoms with E-state index in [1.54, 1.807) is 43.6 Å². The number of aromatic nitrogens is 2. The predicted octanol–water partition coefficient (Wildman–Crippen LogP) is 2.93.